The van der Waals surface area contributed by atoms with E-state index < -0.39 is 0 Å². The highest BCUT2D eigenvalue weighted by Gasteiger charge is 2.07. The highest BCUT2D eigenvalue weighted by Crippen LogP contribution is 2.28. The van der Waals surface area contributed by atoms with Gasteiger partial charge in [-0.05, 0) is 25.0 Å². The summed E-state index contributed by atoms with van der Waals surface area (Å²) in [5.74, 6) is 0. The third-order valence-electron chi connectivity index (χ3n) is 2.88. The minimum absolute atomic E-state index is 0.805. The van der Waals surface area contributed by atoms with Crippen LogP contribution in [0.1, 0.15) is 52.4 Å². The van der Waals surface area contributed by atoms with Gasteiger partial charge in [0.25, 0.3) is 0 Å². The second-order valence-corrected chi connectivity index (χ2v) is 5.68. The van der Waals surface area contributed by atoms with Gasteiger partial charge in [0.15, 0.2) is 0 Å². The highest BCUT2D eigenvalue weighted by molar-refractivity contribution is 8.00. The molecule has 1 aromatic carbocycles. The minimum atomic E-state index is 0.805. The van der Waals surface area contributed by atoms with Gasteiger partial charge in [-0.3, -0.25) is 0 Å². The van der Waals surface area contributed by atoms with E-state index in [0.717, 1.165) is 5.25 Å². The van der Waals surface area contributed by atoms with E-state index in [1.165, 1.54) is 43.4 Å². The highest BCUT2D eigenvalue weighted by atomic mass is 32.2. The van der Waals surface area contributed by atoms with Crippen LogP contribution in [-0.4, -0.2) is 5.25 Å². The van der Waals surface area contributed by atoms with Crippen molar-refractivity contribution in [2.45, 2.75) is 62.5 Å². The maximum atomic E-state index is 2.31. The molecular formula is C15H24S. The van der Waals surface area contributed by atoms with Crippen molar-refractivity contribution >= 4 is 11.8 Å². The molecule has 0 radical (unpaired) electrons. The monoisotopic (exact) mass is 236 g/mol. The van der Waals surface area contributed by atoms with Crippen molar-refractivity contribution in [3.05, 3.63) is 30.3 Å². The molecule has 1 heteroatoms. The third kappa shape index (κ3) is 5.60. The topological polar surface area (TPSA) is 0 Å². The summed E-state index contributed by atoms with van der Waals surface area (Å²) in [6, 6.07) is 10.8. The Morgan fingerprint density at radius 1 is 1.00 bits per heavy atom. The molecule has 0 N–H and O–H groups in total. The fourth-order valence-electron chi connectivity index (χ4n) is 1.84. The number of hydrogen-bond donors (Lipinski definition) is 0. The Hall–Kier alpha value is -0.430. The number of unbranched alkanes of at least 4 members (excludes halogenated alkanes) is 3. The molecular weight excluding hydrogens is 212 g/mol. The van der Waals surface area contributed by atoms with Gasteiger partial charge in [0.05, 0.1) is 0 Å². The van der Waals surface area contributed by atoms with Crippen LogP contribution in [0.3, 0.4) is 0 Å². The van der Waals surface area contributed by atoms with Gasteiger partial charge in [-0.2, -0.15) is 0 Å². The summed E-state index contributed by atoms with van der Waals surface area (Å²) < 4.78 is 0. The second-order valence-electron chi connectivity index (χ2n) is 4.31. The van der Waals surface area contributed by atoms with Crippen molar-refractivity contribution in [3.63, 3.8) is 0 Å². The zero-order valence-corrected chi connectivity index (χ0v) is 11.4. The normalized spacial score (nSPS) is 12.6. The lowest BCUT2D eigenvalue weighted by atomic mass is 10.1. The van der Waals surface area contributed by atoms with Crippen LogP contribution in [0.25, 0.3) is 0 Å². The average Bonchev–Trinajstić information content (AvgIpc) is 2.34. The number of benzene rings is 1. The summed E-state index contributed by atoms with van der Waals surface area (Å²) in [4.78, 5) is 1.42. The Kier molecular flexibility index (Phi) is 7.41. The first-order valence-corrected chi connectivity index (χ1v) is 7.46. The summed E-state index contributed by atoms with van der Waals surface area (Å²) in [6.07, 6.45) is 8.19. The van der Waals surface area contributed by atoms with Gasteiger partial charge in [-0.25, -0.2) is 0 Å². The standard InChI is InChI=1S/C15H24S/c1-3-5-6-8-11-14(4-2)16-15-12-9-7-10-13-15/h7,9-10,12-14H,3-6,8,11H2,1-2H3. The van der Waals surface area contributed by atoms with Crippen LogP contribution in [-0.2, 0) is 0 Å². The maximum absolute atomic E-state index is 2.31. The van der Waals surface area contributed by atoms with E-state index in [4.69, 9.17) is 0 Å². The van der Waals surface area contributed by atoms with E-state index in [1.807, 2.05) is 11.8 Å². The van der Waals surface area contributed by atoms with Crippen molar-refractivity contribution in [3.8, 4) is 0 Å². The molecule has 0 saturated heterocycles. The summed E-state index contributed by atoms with van der Waals surface area (Å²) in [7, 11) is 0. The van der Waals surface area contributed by atoms with Gasteiger partial charge in [0.2, 0.25) is 0 Å². The van der Waals surface area contributed by atoms with Gasteiger partial charge in [-0.15, -0.1) is 11.8 Å². The summed E-state index contributed by atoms with van der Waals surface area (Å²) >= 11 is 2.05. The molecule has 0 aliphatic carbocycles. The molecule has 0 nitrogen and oxygen atoms in total. The first-order chi connectivity index (χ1) is 7.86. The molecule has 0 fully saturated rings. The minimum Gasteiger partial charge on any atom is -0.123 e. The number of hydrogen-bond acceptors (Lipinski definition) is 1. The zero-order valence-electron chi connectivity index (χ0n) is 10.6. The molecule has 1 aromatic rings. The van der Waals surface area contributed by atoms with Crippen molar-refractivity contribution < 1.29 is 0 Å². The maximum Gasteiger partial charge on any atom is 0.00917 e. The van der Waals surface area contributed by atoms with Crippen LogP contribution in [0.2, 0.25) is 0 Å². The molecule has 0 aliphatic heterocycles. The van der Waals surface area contributed by atoms with Crippen molar-refractivity contribution in [2.24, 2.45) is 0 Å². The molecule has 0 aliphatic rings. The second kappa shape index (κ2) is 8.69. The smallest absolute Gasteiger partial charge is 0.00917 e. The quantitative estimate of drug-likeness (QED) is 0.422. The van der Waals surface area contributed by atoms with Crippen LogP contribution < -0.4 is 0 Å². The van der Waals surface area contributed by atoms with Gasteiger partial charge < -0.3 is 0 Å². The van der Waals surface area contributed by atoms with Crippen molar-refractivity contribution in [1.29, 1.82) is 0 Å². The Labute approximate surface area is 105 Å². The number of rotatable bonds is 8. The first-order valence-electron chi connectivity index (χ1n) is 6.58. The van der Waals surface area contributed by atoms with E-state index in [0.29, 0.717) is 0 Å². The lowest BCUT2D eigenvalue weighted by Crippen LogP contribution is -2.00. The zero-order chi connectivity index (χ0) is 11.6. The fourth-order valence-corrected chi connectivity index (χ4v) is 2.99. The van der Waals surface area contributed by atoms with E-state index >= 15 is 0 Å². The summed E-state index contributed by atoms with van der Waals surface area (Å²) in [5.41, 5.74) is 0. The van der Waals surface area contributed by atoms with Crippen LogP contribution >= 0.6 is 11.8 Å². The van der Waals surface area contributed by atoms with Crippen molar-refractivity contribution in [1.82, 2.24) is 0 Å². The molecule has 16 heavy (non-hydrogen) atoms. The molecule has 0 aromatic heterocycles. The lowest BCUT2D eigenvalue weighted by molar-refractivity contribution is 0.610. The largest absolute Gasteiger partial charge is 0.123 e. The summed E-state index contributed by atoms with van der Waals surface area (Å²) in [5, 5.41) is 0.805. The molecule has 0 saturated carbocycles. The molecule has 0 heterocycles. The molecule has 90 valence electrons. The molecule has 0 amide bonds. The molecule has 1 rings (SSSR count). The average molecular weight is 236 g/mol. The number of thioether (sulfide) groups is 1. The molecule has 0 bridgehead atoms. The predicted octanol–water partition coefficient (Wildman–Crippen LogP) is 5.53. The van der Waals surface area contributed by atoms with Gasteiger partial charge in [-0.1, -0.05) is 57.7 Å². The van der Waals surface area contributed by atoms with E-state index in [2.05, 4.69) is 44.2 Å². The Balaban J connectivity index is 2.26. The van der Waals surface area contributed by atoms with Crippen LogP contribution in [0.15, 0.2) is 35.2 Å². The molecule has 0 spiro atoms. The van der Waals surface area contributed by atoms with E-state index in [9.17, 15) is 0 Å². The summed E-state index contributed by atoms with van der Waals surface area (Å²) in [6.45, 7) is 4.58. The molecule has 1 atom stereocenters. The Bertz CT molecular complexity index is 255. The molecule has 1 unspecified atom stereocenters. The SMILES string of the molecule is CCCCCCC(CC)Sc1ccccc1. The van der Waals surface area contributed by atoms with Crippen LogP contribution in [0.5, 0.6) is 0 Å². The fraction of sp³-hybridized carbons (Fsp3) is 0.600. The lowest BCUT2D eigenvalue weighted by Gasteiger charge is -2.14. The Morgan fingerprint density at radius 3 is 2.38 bits per heavy atom. The van der Waals surface area contributed by atoms with Crippen LogP contribution in [0, 0.1) is 0 Å². The first kappa shape index (κ1) is 13.6. The van der Waals surface area contributed by atoms with Gasteiger partial charge in [0.1, 0.15) is 0 Å². The van der Waals surface area contributed by atoms with Gasteiger partial charge in [0, 0.05) is 10.1 Å². The van der Waals surface area contributed by atoms with Crippen LogP contribution in [0.4, 0.5) is 0 Å². The van der Waals surface area contributed by atoms with E-state index in [1.54, 1.807) is 0 Å². The Morgan fingerprint density at radius 2 is 1.75 bits per heavy atom. The predicted molar refractivity (Wildman–Crippen MR) is 75.1 cm³/mol. The third-order valence-corrected chi connectivity index (χ3v) is 4.33. The van der Waals surface area contributed by atoms with Crippen molar-refractivity contribution in [2.75, 3.05) is 0 Å². The van der Waals surface area contributed by atoms with Gasteiger partial charge >= 0.3 is 0 Å². The van der Waals surface area contributed by atoms with E-state index in [-0.39, 0.29) is 0 Å².